The predicted octanol–water partition coefficient (Wildman–Crippen LogP) is 1.94. The van der Waals surface area contributed by atoms with Crippen molar-refractivity contribution in [3.8, 4) is 11.5 Å². The topological polar surface area (TPSA) is 52.0 Å². The summed E-state index contributed by atoms with van der Waals surface area (Å²) in [6.07, 6.45) is 0. The van der Waals surface area contributed by atoms with Crippen LogP contribution in [0.5, 0.6) is 11.5 Å². The Labute approximate surface area is 151 Å². The number of carbonyl (C=O) groups is 1. The number of carbonyl (C=O) groups excluding carboxylic acids is 1. The number of anilines is 1. The van der Waals surface area contributed by atoms with Crippen LogP contribution in [0.15, 0.2) is 30.3 Å². The molecule has 0 aliphatic heterocycles. The third-order valence-corrected chi connectivity index (χ3v) is 4.00. The number of rotatable bonds is 7. The number of halogens is 2. The summed E-state index contributed by atoms with van der Waals surface area (Å²) in [5, 5.41) is 2.57. The molecule has 0 saturated carbocycles. The van der Waals surface area contributed by atoms with E-state index in [0.717, 1.165) is 28.2 Å². The Hall–Kier alpha value is -2.67. The lowest BCUT2D eigenvalue weighted by Crippen LogP contribution is -3.08. The minimum atomic E-state index is -0.996. The second-order valence-corrected chi connectivity index (χ2v) is 6.12. The van der Waals surface area contributed by atoms with Crippen LogP contribution in [-0.4, -0.2) is 33.7 Å². The van der Waals surface area contributed by atoms with E-state index < -0.39 is 11.6 Å². The molecule has 140 valence electrons. The first kappa shape index (κ1) is 19.7. The maximum atomic E-state index is 13.2. The third-order valence-electron chi connectivity index (χ3n) is 4.00. The van der Waals surface area contributed by atoms with E-state index in [2.05, 4.69) is 5.32 Å². The molecular weight excluding hydrogens is 342 g/mol. The van der Waals surface area contributed by atoms with Crippen LogP contribution >= 0.6 is 0 Å². The molecule has 2 rings (SSSR count). The van der Waals surface area contributed by atoms with E-state index in [-0.39, 0.29) is 18.1 Å². The molecule has 0 bridgehead atoms. The van der Waals surface area contributed by atoms with Gasteiger partial charge in [0.2, 0.25) is 0 Å². The molecule has 2 N–H and O–H groups in total. The molecule has 1 amide bonds. The van der Waals surface area contributed by atoms with Crippen LogP contribution in [-0.2, 0) is 11.3 Å². The van der Waals surface area contributed by atoms with Crippen molar-refractivity contribution in [2.45, 2.75) is 13.5 Å². The number of hydrogen-bond donors (Lipinski definition) is 2. The van der Waals surface area contributed by atoms with E-state index in [1.54, 1.807) is 14.2 Å². The average molecular weight is 365 g/mol. The molecule has 7 heteroatoms. The number of ether oxygens (including phenoxy) is 2. The molecule has 26 heavy (non-hydrogen) atoms. The fourth-order valence-corrected chi connectivity index (χ4v) is 2.65. The van der Waals surface area contributed by atoms with Gasteiger partial charge in [-0.15, -0.1) is 0 Å². The largest absolute Gasteiger partial charge is 0.493 e. The van der Waals surface area contributed by atoms with Crippen LogP contribution in [0.3, 0.4) is 0 Å². The first-order chi connectivity index (χ1) is 12.3. The van der Waals surface area contributed by atoms with Crippen molar-refractivity contribution < 1.29 is 27.9 Å². The Kier molecular flexibility index (Phi) is 6.52. The number of nitrogens with one attached hydrogen (secondary N) is 2. The van der Waals surface area contributed by atoms with E-state index in [1.165, 1.54) is 6.07 Å². The zero-order chi connectivity index (χ0) is 19.3. The van der Waals surface area contributed by atoms with Gasteiger partial charge >= 0.3 is 0 Å². The van der Waals surface area contributed by atoms with Gasteiger partial charge in [-0.3, -0.25) is 4.79 Å². The third kappa shape index (κ3) is 4.92. The molecule has 5 nitrogen and oxygen atoms in total. The summed E-state index contributed by atoms with van der Waals surface area (Å²) in [5.74, 6) is -0.944. The standard InChI is InChI=1S/C19H22F2N2O3/c1-12-7-17(25-3)18(26-4)8-13(12)10-23(2)11-19(24)22-14-5-6-15(20)16(21)9-14/h5-9H,10-11H2,1-4H3,(H,22,24)/p+1. The lowest BCUT2D eigenvalue weighted by molar-refractivity contribution is -0.885. The minimum Gasteiger partial charge on any atom is -0.493 e. The van der Waals surface area contributed by atoms with Crippen LogP contribution in [0.4, 0.5) is 14.5 Å². The number of methoxy groups -OCH3 is 2. The fourth-order valence-electron chi connectivity index (χ4n) is 2.65. The Morgan fingerprint density at radius 3 is 2.35 bits per heavy atom. The summed E-state index contributed by atoms with van der Waals surface area (Å²) in [5.41, 5.74) is 2.28. The maximum Gasteiger partial charge on any atom is 0.279 e. The molecule has 0 aromatic heterocycles. The van der Waals surface area contributed by atoms with E-state index in [1.807, 2.05) is 26.1 Å². The average Bonchev–Trinajstić information content (AvgIpc) is 2.59. The second-order valence-electron chi connectivity index (χ2n) is 6.12. The first-order valence-corrected chi connectivity index (χ1v) is 8.11. The van der Waals surface area contributed by atoms with Gasteiger partial charge in [0.05, 0.1) is 21.3 Å². The van der Waals surface area contributed by atoms with Gasteiger partial charge in [0, 0.05) is 17.3 Å². The number of benzene rings is 2. The SMILES string of the molecule is COc1cc(C)c(C[NH+](C)CC(=O)Nc2ccc(F)c(F)c2)cc1OC. The van der Waals surface area contributed by atoms with Crippen molar-refractivity contribution in [1.29, 1.82) is 0 Å². The molecule has 2 aromatic carbocycles. The smallest absolute Gasteiger partial charge is 0.279 e. The molecule has 0 heterocycles. The Morgan fingerprint density at radius 1 is 1.08 bits per heavy atom. The van der Waals surface area contributed by atoms with Gasteiger partial charge in [-0.1, -0.05) is 0 Å². The van der Waals surface area contributed by atoms with Gasteiger partial charge < -0.3 is 19.7 Å². The Balaban J connectivity index is 2.00. The zero-order valence-corrected chi connectivity index (χ0v) is 15.3. The first-order valence-electron chi connectivity index (χ1n) is 8.11. The summed E-state index contributed by atoms with van der Waals surface area (Å²) in [6, 6.07) is 7.05. The normalized spacial score (nSPS) is 11.8. The van der Waals surface area contributed by atoms with E-state index in [4.69, 9.17) is 9.47 Å². The molecule has 2 aromatic rings. The van der Waals surface area contributed by atoms with Gasteiger partial charge in [0.15, 0.2) is 29.7 Å². The number of likely N-dealkylation sites (N-methyl/N-ethyl adjacent to an activating group) is 1. The fraction of sp³-hybridized carbons (Fsp3) is 0.316. The lowest BCUT2D eigenvalue weighted by atomic mass is 10.1. The molecule has 1 atom stereocenters. The van der Waals surface area contributed by atoms with Gasteiger partial charge in [-0.05, 0) is 36.8 Å². The zero-order valence-electron chi connectivity index (χ0n) is 15.3. The summed E-state index contributed by atoms with van der Waals surface area (Å²) < 4.78 is 36.7. The molecule has 0 fully saturated rings. The highest BCUT2D eigenvalue weighted by atomic mass is 19.2. The molecule has 0 spiro atoms. The Bertz CT molecular complexity index is 797. The van der Waals surface area contributed by atoms with Crippen molar-refractivity contribution in [2.75, 3.05) is 33.1 Å². The maximum absolute atomic E-state index is 13.2. The monoisotopic (exact) mass is 365 g/mol. The van der Waals surface area contributed by atoms with Crippen LogP contribution < -0.4 is 19.7 Å². The van der Waals surface area contributed by atoms with E-state index in [9.17, 15) is 13.6 Å². The highest BCUT2D eigenvalue weighted by Gasteiger charge is 2.15. The summed E-state index contributed by atoms with van der Waals surface area (Å²) in [7, 11) is 5.03. The number of hydrogen-bond acceptors (Lipinski definition) is 3. The molecule has 0 radical (unpaired) electrons. The van der Waals surface area contributed by atoms with Crippen molar-refractivity contribution in [3.63, 3.8) is 0 Å². The van der Waals surface area contributed by atoms with Crippen molar-refractivity contribution in [3.05, 3.63) is 53.1 Å². The lowest BCUT2D eigenvalue weighted by Gasteiger charge is -2.17. The summed E-state index contributed by atoms with van der Waals surface area (Å²) in [6.45, 7) is 2.73. The summed E-state index contributed by atoms with van der Waals surface area (Å²) in [4.78, 5) is 13.1. The molecule has 0 aliphatic carbocycles. The minimum absolute atomic E-state index is 0.173. The van der Waals surface area contributed by atoms with Gasteiger partial charge in [0.25, 0.3) is 5.91 Å². The van der Waals surface area contributed by atoms with Crippen LogP contribution in [0.1, 0.15) is 11.1 Å². The molecule has 1 unspecified atom stereocenters. The Morgan fingerprint density at radius 2 is 1.73 bits per heavy atom. The molecular formula is C19H23F2N2O3+. The number of quaternary nitrogens is 1. The van der Waals surface area contributed by atoms with Crippen LogP contribution in [0, 0.1) is 18.6 Å². The van der Waals surface area contributed by atoms with E-state index in [0.29, 0.717) is 18.0 Å². The van der Waals surface area contributed by atoms with Gasteiger partial charge in [0.1, 0.15) is 6.54 Å². The van der Waals surface area contributed by atoms with Crippen molar-refractivity contribution in [1.82, 2.24) is 0 Å². The second kappa shape index (κ2) is 8.62. The van der Waals surface area contributed by atoms with Crippen LogP contribution in [0.25, 0.3) is 0 Å². The summed E-state index contributed by atoms with van der Waals surface area (Å²) >= 11 is 0. The van der Waals surface area contributed by atoms with Crippen LogP contribution in [0.2, 0.25) is 0 Å². The molecule has 0 aliphatic rings. The van der Waals surface area contributed by atoms with Crippen molar-refractivity contribution in [2.24, 2.45) is 0 Å². The van der Waals surface area contributed by atoms with Crippen molar-refractivity contribution >= 4 is 11.6 Å². The van der Waals surface area contributed by atoms with E-state index >= 15 is 0 Å². The highest BCUT2D eigenvalue weighted by molar-refractivity contribution is 5.91. The van der Waals surface area contributed by atoms with Gasteiger partial charge in [-0.2, -0.15) is 0 Å². The quantitative estimate of drug-likeness (QED) is 0.789. The number of aryl methyl sites for hydroxylation is 1. The highest BCUT2D eigenvalue weighted by Crippen LogP contribution is 2.29. The predicted molar refractivity (Wildman–Crippen MR) is 94.7 cm³/mol. The number of amides is 1. The van der Waals surface area contributed by atoms with Gasteiger partial charge in [-0.25, -0.2) is 8.78 Å². The molecule has 0 saturated heterocycles.